The van der Waals surface area contributed by atoms with Gasteiger partial charge in [0.25, 0.3) is 0 Å². The van der Waals surface area contributed by atoms with Crippen molar-refractivity contribution in [2.45, 2.75) is 63.2 Å². The molecule has 4 nitrogen and oxygen atoms in total. The molecule has 0 radical (unpaired) electrons. The number of phenolic OH excluding ortho intramolecular Hbond substituents is 2. The van der Waals surface area contributed by atoms with Crippen molar-refractivity contribution in [3.63, 3.8) is 0 Å². The van der Waals surface area contributed by atoms with Crippen molar-refractivity contribution >= 4 is 0 Å². The van der Waals surface area contributed by atoms with E-state index in [1.807, 2.05) is 0 Å². The number of hydrogen-bond donors (Lipinski definition) is 3. The van der Waals surface area contributed by atoms with E-state index >= 15 is 0 Å². The van der Waals surface area contributed by atoms with Crippen LogP contribution in [-0.2, 0) is 0 Å². The molecule has 3 unspecified atom stereocenters. The van der Waals surface area contributed by atoms with Gasteiger partial charge in [-0.3, -0.25) is 0 Å². The lowest BCUT2D eigenvalue weighted by atomic mass is 9.82. The van der Waals surface area contributed by atoms with Gasteiger partial charge < -0.3 is 20.4 Å². The first-order valence-electron chi connectivity index (χ1n) is 8.04. The molecule has 1 aromatic rings. The second-order valence-electron chi connectivity index (χ2n) is 6.70. The average molecular weight is 290 g/mol. The minimum atomic E-state index is 0.0970. The van der Waals surface area contributed by atoms with Crippen LogP contribution in [0.2, 0.25) is 0 Å². The molecule has 0 aromatic heterocycles. The fourth-order valence-corrected chi connectivity index (χ4v) is 4.09. The molecule has 1 aromatic carbocycles. The first kappa shape index (κ1) is 14.7. The third-order valence-electron chi connectivity index (χ3n) is 5.31. The molecule has 2 aliphatic rings. The molecule has 2 saturated heterocycles. The van der Waals surface area contributed by atoms with Crippen LogP contribution in [-0.4, -0.2) is 40.3 Å². The Morgan fingerprint density at radius 1 is 1.19 bits per heavy atom. The number of fused-ring (bicyclic) bond motifs is 2. The monoisotopic (exact) mass is 290 g/mol. The molecular weight excluding hydrogens is 264 g/mol. The molecule has 21 heavy (non-hydrogen) atoms. The molecular formula is C17H26N2O2. The van der Waals surface area contributed by atoms with Crippen LogP contribution in [0.5, 0.6) is 11.5 Å². The van der Waals surface area contributed by atoms with Crippen molar-refractivity contribution < 1.29 is 10.2 Å². The second-order valence-corrected chi connectivity index (χ2v) is 6.70. The normalized spacial score (nSPS) is 31.0. The summed E-state index contributed by atoms with van der Waals surface area (Å²) >= 11 is 0. The summed E-state index contributed by atoms with van der Waals surface area (Å²) in [4.78, 5) is 2.56. The first-order valence-corrected chi connectivity index (χ1v) is 8.04. The lowest BCUT2D eigenvalue weighted by Gasteiger charge is -2.47. The molecule has 2 fully saturated rings. The van der Waals surface area contributed by atoms with E-state index in [1.54, 1.807) is 12.1 Å². The number of phenols is 2. The number of aromatic hydroxyl groups is 2. The molecule has 3 rings (SSSR count). The molecule has 3 N–H and O–H groups in total. The number of piperidine rings is 2. The van der Waals surface area contributed by atoms with Crippen LogP contribution >= 0.6 is 0 Å². The quantitative estimate of drug-likeness (QED) is 0.801. The van der Waals surface area contributed by atoms with Gasteiger partial charge in [-0.25, -0.2) is 0 Å². The topological polar surface area (TPSA) is 55.7 Å². The summed E-state index contributed by atoms with van der Waals surface area (Å²) in [7, 11) is 2.26. The maximum atomic E-state index is 9.99. The SMILES string of the molecule is CC(NC1CC2CCCC(C1)N2C)c1ccc(O)cc1O. The van der Waals surface area contributed by atoms with E-state index < -0.39 is 0 Å². The zero-order chi connectivity index (χ0) is 15.0. The van der Waals surface area contributed by atoms with E-state index in [4.69, 9.17) is 0 Å². The number of nitrogens with zero attached hydrogens (tertiary/aromatic N) is 1. The van der Waals surface area contributed by atoms with Crippen molar-refractivity contribution in [1.29, 1.82) is 0 Å². The zero-order valence-electron chi connectivity index (χ0n) is 12.9. The third kappa shape index (κ3) is 3.01. The molecule has 0 aliphatic carbocycles. The second kappa shape index (κ2) is 5.85. The van der Waals surface area contributed by atoms with E-state index in [0.717, 1.165) is 5.56 Å². The minimum absolute atomic E-state index is 0.0970. The van der Waals surface area contributed by atoms with Crippen molar-refractivity contribution in [2.24, 2.45) is 0 Å². The van der Waals surface area contributed by atoms with Crippen molar-refractivity contribution in [3.05, 3.63) is 23.8 Å². The lowest BCUT2D eigenvalue weighted by Crippen LogP contribution is -2.54. The smallest absolute Gasteiger partial charge is 0.124 e. The third-order valence-corrected chi connectivity index (χ3v) is 5.31. The minimum Gasteiger partial charge on any atom is -0.508 e. The zero-order valence-corrected chi connectivity index (χ0v) is 12.9. The lowest BCUT2D eigenvalue weighted by molar-refractivity contribution is 0.0462. The van der Waals surface area contributed by atoms with Gasteiger partial charge in [0.05, 0.1) is 0 Å². The highest BCUT2D eigenvalue weighted by atomic mass is 16.3. The van der Waals surface area contributed by atoms with Crippen molar-refractivity contribution in [1.82, 2.24) is 10.2 Å². The van der Waals surface area contributed by atoms with Gasteiger partial charge in [-0.05, 0) is 45.7 Å². The summed E-state index contributed by atoms with van der Waals surface area (Å²) in [5.74, 6) is 0.278. The molecule has 0 spiro atoms. The Morgan fingerprint density at radius 3 is 2.48 bits per heavy atom. The van der Waals surface area contributed by atoms with E-state index in [2.05, 4.69) is 24.2 Å². The maximum absolute atomic E-state index is 9.99. The van der Waals surface area contributed by atoms with Crippen LogP contribution < -0.4 is 5.32 Å². The molecule has 3 atom stereocenters. The highest BCUT2D eigenvalue weighted by Gasteiger charge is 2.36. The molecule has 2 heterocycles. The van der Waals surface area contributed by atoms with Gasteiger partial charge in [-0.2, -0.15) is 0 Å². The van der Waals surface area contributed by atoms with Crippen LogP contribution in [0, 0.1) is 0 Å². The molecule has 116 valence electrons. The number of hydrogen-bond acceptors (Lipinski definition) is 4. The standard InChI is InChI=1S/C17H26N2O2/c1-11(16-7-6-15(20)10-17(16)21)18-12-8-13-4-3-5-14(9-12)19(13)2/h6-7,10-14,18,20-21H,3-5,8-9H2,1-2H3. The Morgan fingerprint density at radius 2 is 1.86 bits per heavy atom. The Bertz CT molecular complexity index is 492. The van der Waals surface area contributed by atoms with Crippen molar-refractivity contribution in [2.75, 3.05) is 7.05 Å². The van der Waals surface area contributed by atoms with Gasteiger partial charge in [0, 0.05) is 35.8 Å². The van der Waals surface area contributed by atoms with Gasteiger partial charge >= 0.3 is 0 Å². The van der Waals surface area contributed by atoms with E-state index in [-0.39, 0.29) is 17.5 Å². The van der Waals surface area contributed by atoms with Crippen molar-refractivity contribution in [3.8, 4) is 11.5 Å². The van der Waals surface area contributed by atoms with Gasteiger partial charge in [0.15, 0.2) is 0 Å². The number of rotatable bonds is 3. The summed E-state index contributed by atoms with van der Waals surface area (Å²) in [5.41, 5.74) is 0.858. The Kier molecular flexibility index (Phi) is 4.09. The summed E-state index contributed by atoms with van der Waals surface area (Å²) in [5, 5.41) is 23.1. The molecule has 2 bridgehead atoms. The summed E-state index contributed by atoms with van der Waals surface area (Å²) in [6.45, 7) is 2.08. The molecule has 2 aliphatic heterocycles. The molecule has 0 amide bonds. The van der Waals surface area contributed by atoms with Gasteiger partial charge in [-0.15, -0.1) is 0 Å². The average Bonchev–Trinajstić information content (AvgIpc) is 2.39. The predicted octanol–water partition coefficient (Wildman–Crippen LogP) is 2.76. The number of benzene rings is 1. The number of nitrogens with one attached hydrogen (secondary N) is 1. The largest absolute Gasteiger partial charge is 0.508 e. The van der Waals surface area contributed by atoms with Crippen LogP contribution in [0.25, 0.3) is 0 Å². The summed E-state index contributed by atoms with van der Waals surface area (Å²) in [6.07, 6.45) is 6.36. The summed E-state index contributed by atoms with van der Waals surface area (Å²) < 4.78 is 0. The highest BCUT2D eigenvalue weighted by Crippen LogP contribution is 2.34. The van der Waals surface area contributed by atoms with E-state index in [9.17, 15) is 10.2 Å². The van der Waals surface area contributed by atoms with Gasteiger partial charge in [0.1, 0.15) is 11.5 Å². The summed E-state index contributed by atoms with van der Waals surface area (Å²) in [6, 6.07) is 6.87. The predicted molar refractivity (Wildman–Crippen MR) is 83.5 cm³/mol. The molecule has 4 heteroatoms. The first-order chi connectivity index (χ1) is 10.0. The molecule has 0 saturated carbocycles. The highest BCUT2D eigenvalue weighted by molar-refractivity contribution is 5.40. The Balaban J connectivity index is 1.66. The van der Waals surface area contributed by atoms with E-state index in [0.29, 0.717) is 18.1 Å². The fraction of sp³-hybridized carbons (Fsp3) is 0.647. The maximum Gasteiger partial charge on any atom is 0.124 e. The Labute approximate surface area is 126 Å². The van der Waals surface area contributed by atoms with Crippen LogP contribution in [0.3, 0.4) is 0 Å². The Hall–Kier alpha value is -1.26. The van der Waals surface area contributed by atoms with Crippen LogP contribution in [0.1, 0.15) is 50.6 Å². The van der Waals surface area contributed by atoms with Crippen LogP contribution in [0.15, 0.2) is 18.2 Å². The van der Waals surface area contributed by atoms with Gasteiger partial charge in [0.2, 0.25) is 0 Å². The van der Waals surface area contributed by atoms with E-state index in [1.165, 1.54) is 38.2 Å². The van der Waals surface area contributed by atoms with Crippen LogP contribution in [0.4, 0.5) is 0 Å². The fourth-order valence-electron chi connectivity index (χ4n) is 4.09. The van der Waals surface area contributed by atoms with Gasteiger partial charge in [-0.1, -0.05) is 12.5 Å².